The highest BCUT2D eigenvalue weighted by Crippen LogP contribution is 2.32. The number of hydrogen-bond donors (Lipinski definition) is 1. The SMILES string of the molecule is O=C(Nc1nc(-c2cc(Cl)ccc2Cl)cs1)c1cccc(Br)c1. The molecule has 116 valence electrons. The number of halogens is 3. The Morgan fingerprint density at radius 1 is 1.17 bits per heavy atom. The van der Waals surface area contributed by atoms with Gasteiger partial charge in [0.05, 0.1) is 10.7 Å². The topological polar surface area (TPSA) is 42.0 Å². The number of hydrogen-bond acceptors (Lipinski definition) is 3. The number of anilines is 1. The second kappa shape index (κ2) is 7.01. The normalized spacial score (nSPS) is 10.6. The van der Waals surface area contributed by atoms with E-state index in [1.54, 1.807) is 36.4 Å². The molecule has 1 aromatic heterocycles. The van der Waals surface area contributed by atoms with Crippen LogP contribution in [0.1, 0.15) is 10.4 Å². The minimum absolute atomic E-state index is 0.218. The molecule has 1 N–H and O–H groups in total. The highest BCUT2D eigenvalue weighted by Gasteiger charge is 2.12. The zero-order valence-electron chi connectivity index (χ0n) is 11.5. The van der Waals surface area contributed by atoms with Gasteiger partial charge in [0.2, 0.25) is 0 Å². The van der Waals surface area contributed by atoms with Crippen LogP contribution in [-0.2, 0) is 0 Å². The Bertz CT molecular complexity index is 882. The summed E-state index contributed by atoms with van der Waals surface area (Å²) in [7, 11) is 0. The first-order chi connectivity index (χ1) is 11.0. The van der Waals surface area contributed by atoms with Crippen molar-refractivity contribution in [2.24, 2.45) is 0 Å². The van der Waals surface area contributed by atoms with E-state index >= 15 is 0 Å². The Morgan fingerprint density at radius 3 is 2.78 bits per heavy atom. The number of thiazole rings is 1. The standard InChI is InChI=1S/C16H9BrCl2N2OS/c17-10-3-1-2-9(6-10)15(22)21-16-20-14(8-23-16)12-7-11(18)4-5-13(12)19/h1-8H,(H,20,21,22). The van der Waals surface area contributed by atoms with Crippen LogP contribution in [0, 0.1) is 0 Å². The lowest BCUT2D eigenvalue weighted by Gasteiger charge is -2.03. The predicted molar refractivity (Wildman–Crippen MR) is 99.7 cm³/mol. The van der Waals surface area contributed by atoms with Gasteiger partial charge in [-0.1, -0.05) is 45.2 Å². The first kappa shape index (κ1) is 16.5. The van der Waals surface area contributed by atoms with Crippen LogP contribution in [-0.4, -0.2) is 10.9 Å². The van der Waals surface area contributed by atoms with Gasteiger partial charge in [0, 0.05) is 26.0 Å². The van der Waals surface area contributed by atoms with Crippen molar-refractivity contribution in [2.75, 3.05) is 5.32 Å². The fourth-order valence-corrected chi connectivity index (χ4v) is 3.44. The second-order valence-electron chi connectivity index (χ2n) is 4.63. The monoisotopic (exact) mass is 426 g/mol. The summed E-state index contributed by atoms with van der Waals surface area (Å²) in [6.45, 7) is 0. The maximum Gasteiger partial charge on any atom is 0.257 e. The lowest BCUT2D eigenvalue weighted by molar-refractivity contribution is 0.102. The predicted octanol–water partition coefficient (Wildman–Crippen LogP) is 6.13. The van der Waals surface area contributed by atoms with Crippen molar-refractivity contribution in [1.29, 1.82) is 0 Å². The van der Waals surface area contributed by atoms with Gasteiger partial charge in [-0.05, 0) is 36.4 Å². The summed E-state index contributed by atoms with van der Waals surface area (Å²) in [6, 6.07) is 12.3. The van der Waals surface area contributed by atoms with Crippen molar-refractivity contribution in [2.45, 2.75) is 0 Å². The minimum atomic E-state index is -0.218. The summed E-state index contributed by atoms with van der Waals surface area (Å²) in [6.07, 6.45) is 0. The molecule has 0 aliphatic rings. The molecule has 7 heteroatoms. The van der Waals surface area contributed by atoms with Gasteiger partial charge >= 0.3 is 0 Å². The van der Waals surface area contributed by atoms with Gasteiger partial charge in [-0.2, -0.15) is 0 Å². The van der Waals surface area contributed by atoms with Crippen molar-refractivity contribution in [1.82, 2.24) is 4.98 Å². The van der Waals surface area contributed by atoms with Gasteiger partial charge < -0.3 is 0 Å². The number of rotatable bonds is 3. The molecule has 0 aliphatic carbocycles. The summed E-state index contributed by atoms with van der Waals surface area (Å²) >= 11 is 16.8. The molecule has 0 saturated carbocycles. The molecular formula is C16H9BrCl2N2OS. The lowest BCUT2D eigenvalue weighted by Crippen LogP contribution is -2.11. The number of aromatic nitrogens is 1. The van der Waals surface area contributed by atoms with Crippen molar-refractivity contribution >= 4 is 61.5 Å². The maximum atomic E-state index is 12.2. The third-order valence-electron chi connectivity index (χ3n) is 3.02. The van der Waals surface area contributed by atoms with E-state index in [-0.39, 0.29) is 5.91 Å². The third kappa shape index (κ3) is 3.93. The minimum Gasteiger partial charge on any atom is -0.298 e. The van der Waals surface area contributed by atoms with Gasteiger partial charge in [0.15, 0.2) is 5.13 Å². The van der Waals surface area contributed by atoms with E-state index in [0.717, 1.165) is 10.0 Å². The van der Waals surface area contributed by atoms with Crippen molar-refractivity contribution in [3.05, 3.63) is 67.9 Å². The molecule has 0 atom stereocenters. The van der Waals surface area contributed by atoms with E-state index in [4.69, 9.17) is 23.2 Å². The van der Waals surface area contributed by atoms with Gasteiger partial charge in [0.25, 0.3) is 5.91 Å². The van der Waals surface area contributed by atoms with E-state index in [9.17, 15) is 4.79 Å². The quantitative estimate of drug-likeness (QED) is 0.546. The molecule has 1 heterocycles. The fourth-order valence-electron chi connectivity index (χ4n) is 1.95. The molecule has 23 heavy (non-hydrogen) atoms. The molecule has 0 radical (unpaired) electrons. The summed E-state index contributed by atoms with van der Waals surface area (Å²) in [5.41, 5.74) is 1.96. The van der Waals surface area contributed by atoms with Gasteiger partial charge in [0.1, 0.15) is 0 Å². The molecular weight excluding hydrogens is 419 g/mol. The van der Waals surface area contributed by atoms with E-state index in [0.29, 0.717) is 26.4 Å². The number of carbonyl (C=O) groups is 1. The van der Waals surface area contributed by atoms with Crippen LogP contribution in [0.15, 0.2) is 52.3 Å². The molecule has 0 aliphatic heterocycles. The molecule has 0 spiro atoms. The van der Waals surface area contributed by atoms with Gasteiger partial charge in [-0.25, -0.2) is 4.98 Å². The van der Waals surface area contributed by atoms with Gasteiger partial charge in [-0.3, -0.25) is 10.1 Å². The summed E-state index contributed by atoms with van der Waals surface area (Å²) in [5, 5.41) is 6.25. The number of benzene rings is 2. The van der Waals surface area contributed by atoms with Crippen LogP contribution in [0.5, 0.6) is 0 Å². The molecule has 0 saturated heterocycles. The number of nitrogens with zero attached hydrogens (tertiary/aromatic N) is 1. The Labute approximate surface area is 155 Å². The van der Waals surface area contributed by atoms with Crippen LogP contribution in [0.25, 0.3) is 11.3 Å². The zero-order valence-corrected chi connectivity index (χ0v) is 15.4. The highest BCUT2D eigenvalue weighted by atomic mass is 79.9. The van der Waals surface area contributed by atoms with Crippen LogP contribution in [0.4, 0.5) is 5.13 Å². The average molecular weight is 428 g/mol. The maximum absolute atomic E-state index is 12.2. The van der Waals surface area contributed by atoms with E-state index in [1.165, 1.54) is 11.3 Å². The van der Waals surface area contributed by atoms with E-state index in [2.05, 4.69) is 26.2 Å². The summed E-state index contributed by atoms with van der Waals surface area (Å²) in [5.74, 6) is -0.218. The fraction of sp³-hybridized carbons (Fsp3) is 0. The molecule has 1 amide bonds. The lowest BCUT2D eigenvalue weighted by atomic mass is 10.2. The average Bonchev–Trinajstić information content (AvgIpc) is 2.98. The van der Waals surface area contributed by atoms with Crippen LogP contribution >= 0.6 is 50.5 Å². The molecule has 0 bridgehead atoms. The zero-order chi connectivity index (χ0) is 16.4. The molecule has 2 aromatic carbocycles. The van der Waals surface area contributed by atoms with Crippen LogP contribution in [0.3, 0.4) is 0 Å². The molecule has 3 aromatic rings. The van der Waals surface area contributed by atoms with Crippen molar-refractivity contribution in [3.8, 4) is 11.3 Å². The third-order valence-corrected chi connectivity index (χ3v) is 4.83. The second-order valence-corrected chi connectivity index (χ2v) is 7.24. The number of nitrogens with one attached hydrogen (secondary N) is 1. The Kier molecular flexibility index (Phi) is 5.02. The summed E-state index contributed by atoms with van der Waals surface area (Å²) < 4.78 is 0.843. The Hall–Kier alpha value is -1.40. The van der Waals surface area contributed by atoms with E-state index < -0.39 is 0 Å². The van der Waals surface area contributed by atoms with E-state index in [1.807, 2.05) is 11.4 Å². The highest BCUT2D eigenvalue weighted by molar-refractivity contribution is 9.10. The van der Waals surface area contributed by atoms with Crippen molar-refractivity contribution in [3.63, 3.8) is 0 Å². The molecule has 0 fully saturated rings. The summed E-state index contributed by atoms with van der Waals surface area (Å²) in [4.78, 5) is 16.6. The molecule has 0 unspecified atom stereocenters. The van der Waals surface area contributed by atoms with Crippen LogP contribution in [0.2, 0.25) is 10.0 Å². The Morgan fingerprint density at radius 2 is 2.00 bits per heavy atom. The van der Waals surface area contributed by atoms with Crippen molar-refractivity contribution < 1.29 is 4.79 Å². The largest absolute Gasteiger partial charge is 0.298 e. The number of amides is 1. The smallest absolute Gasteiger partial charge is 0.257 e. The number of carbonyl (C=O) groups excluding carboxylic acids is 1. The first-order valence-electron chi connectivity index (χ1n) is 6.51. The Balaban J connectivity index is 1.82. The molecule has 3 nitrogen and oxygen atoms in total. The first-order valence-corrected chi connectivity index (χ1v) is 8.93. The van der Waals surface area contributed by atoms with Crippen LogP contribution < -0.4 is 5.32 Å². The molecule has 3 rings (SSSR count). The van der Waals surface area contributed by atoms with Gasteiger partial charge in [-0.15, -0.1) is 11.3 Å².